The van der Waals surface area contributed by atoms with Crippen LogP contribution in [0.1, 0.15) is 5.56 Å². The minimum atomic E-state index is 0.910. The van der Waals surface area contributed by atoms with Crippen molar-refractivity contribution < 1.29 is 0 Å². The second kappa shape index (κ2) is 6.14. The summed E-state index contributed by atoms with van der Waals surface area (Å²) in [5.41, 5.74) is 1.03. The van der Waals surface area contributed by atoms with Gasteiger partial charge < -0.3 is 4.90 Å². The molecule has 2 aromatic heterocycles. The highest BCUT2D eigenvalue weighted by molar-refractivity contribution is 5.78. The molecule has 20 heavy (non-hydrogen) atoms. The van der Waals surface area contributed by atoms with Gasteiger partial charge in [0.25, 0.3) is 0 Å². The molecule has 0 aromatic carbocycles. The number of hydrogen-bond acceptors (Lipinski definition) is 5. The molecule has 5 nitrogen and oxygen atoms in total. The predicted octanol–water partition coefficient (Wildman–Crippen LogP) is 1.63. The maximum absolute atomic E-state index is 4.50. The summed E-state index contributed by atoms with van der Waals surface area (Å²) in [4.78, 5) is 10.7. The number of hydrogen-bond donors (Lipinski definition) is 0. The van der Waals surface area contributed by atoms with Crippen molar-refractivity contribution in [1.29, 1.82) is 0 Å². The van der Waals surface area contributed by atoms with Gasteiger partial charge in [-0.2, -0.15) is 5.10 Å². The van der Waals surface area contributed by atoms with Gasteiger partial charge in [-0.1, -0.05) is 12.1 Å². The fourth-order valence-electron chi connectivity index (χ4n) is 2.18. The van der Waals surface area contributed by atoms with E-state index in [1.807, 2.05) is 42.9 Å². The van der Waals surface area contributed by atoms with Crippen LogP contribution in [0.25, 0.3) is 0 Å². The van der Waals surface area contributed by atoms with E-state index < -0.39 is 0 Å². The Morgan fingerprint density at radius 2 is 1.90 bits per heavy atom. The average molecular weight is 267 g/mol. The van der Waals surface area contributed by atoms with E-state index in [4.69, 9.17) is 0 Å². The molecule has 0 unspecified atom stereocenters. The second-order valence-electron chi connectivity index (χ2n) is 4.66. The number of rotatable bonds is 3. The Morgan fingerprint density at radius 3 is 2.60 bits per heavy atom. The summed E-state index contributed by atoms with van der Waals surface area (Å²) in [5.74, 6) is 1.04. The lowest BCUT2D eigenvalue weighted by atomic mass is 10.3. The van der Waals surface area contributed by atoms with Crippen molar-refractivity contribution in [3.63, 3.8) is 0 Å². The number of aromatic nitrogens is 2. The zero-order chi connectivity index (χ0) is 13.6. The highest BCUT2D eigenvalue weighted by atomic mass is 15.5. The predicted molar refractivity (Wildman–Crippen MR) is 79.9 cm³/mol. The Kier molecular flexibility index (Phi) is 3.87. The van der Waals surface area contributed by atoms with Gasteiger partial charge >= 0.3 is 0 Å². The maximum atomic E-state index is 4.50. The zero-order valence-corrected chi connectivity index (χ0v) is 11.3. The third-order valence-electron chi connectivity index (χ3n) is 3.28. The fraction of sp³-hybridized carbons (Fsp3) is 0.267. The third kappa shape index (κ3) is 3.12. The Hall–Kier alpha value is -2.43. The highest BCUT2D eigenvalue weighted by Gasteiger charge is 2.15. The van der Waals surface area contributed by atoms with E-state index in [1.54, 1.807) is 6.20 Å². The van der Waals surface area contributed by atoms with Crippen molar-refractivity contribution in [3.05, 3.63) is 54.5 Å². The van der Waals surface area contributed by atoms with Gasteiger partial charge in [0, 0.05) is 37.2 Å². The van der Waals surface area contributed by atoms with Crippen LogP contribution in [-0.4, -0.2) is 47.4 Å². The van der Waals surface area contributed by atoms with E-state index in [0.29, 0.717) is 0 Å². The van der Waals surface area contributed by atoms with Gasteiger partial charge in [-0.25, -0.2) is 4.98 Å². The molecule has 1 fully saturated rings. The molecule has 0 N–H and O–H groups in total. The summed E-state index contributed by atoms with van der Waals surface area (Å²) in [7, 11) is 0. The lowest BCUT2D eigenvalue weighted by Gasteiger charge is -2.33. The number of hydrazone groups is 1. The van der Waals surface area contributed by atoms with Crippen LogP contribution >= 0.6 is 0 Å². The van der Waals surface area contributed by atoms with Crippen molar-refractivity contribution >= 4 is 12.0 Å². The Bertz CT molecular complexity index is 547. The average Bonchev–Trinajstić information content (AvgIpc) is 2.55. The Balaban J connectivity index is 1.55. The summed E-state index contributed by atoms with van der Waals surface area (Å²) in [6.45, 7) is 3.71. The van der Waals surface area contributed by atoms with Crippen molar-refractivity contribution in [2.75, 3.05) is 31.1 Å². The van der Waals surface area contributed by atoms with Crippen LogP contribution < -0.4 is 4.90 Å². The lowest BCUT2D eigenvalue weighted by Crippen LogP contribution is -2.44. The van der Waals surface area contributed by atoms with Crippen LogP contribution in [0.3, 0.4) is 0 Å². The Morgan fingerprint density at radius 1 is 1.00 bits per heavy atom. The van der Waals surface area contributed by atoms with Gasteiger partial charge in [0.2, 0.25) is 0 Å². The quantitative estimate of drug-likeness (QED) is 0.793. The molecular formula is C15H17N5. The minimum absolute atomic E-state index is 0.910. The molecule has 1 aliphatic rings. The first-order valence-corrected chi connectivity index (χ1v) is 6.77. The molecule has 1 saturated heterocycles. The summed E-state index contributed by atoms with van der Waals surface area (Å²) >= 11 is 0. The number of anilines is 1. The molecule has 2 aromatic rings. The smallest absolute Gasteiger partial charge is 0.128 e. The van der Waals surface area contributed by atoms with Crippen LogP contribution in [-0.2, 0) is 0 Å². The van der Waals surface area contributed by atoms with Gasteiger partial charge in [-0.3, -0.25) is 9.99 Å². The normalized spacial score (nSPS) is 15.8. The van der Waals surface area contributed by atoms with Gasteiger partial charge in [-0.05, 0) is 18.2 Å². The summed E-state index contributed by atoms with van der Waals surface area (Å²) < 4.78 is 0. The van der Waals surface area contributed by atoms with Crippen LogP contribution in [0.2, 0.25) is 0 Å². The van der Waals surface area contributed by atoms with Gasteiger partial charge in [-0.15, -0.1) is 0 Å². The molecule has 3 rings (SSSR count). The van der Waals surface area contributed by atoms with E-state index in [9.17, 15) is 0 Å². The summed E-state index contributed by atoms with van der Waals surface area (Å²) in [5, 5.41) is 6.59. The van der Waals surface area contributed by atoms with Gasteiger partial charge in [0.1, 0.15) is 5.82 Å². The van der Waals surface area contributed by atoms with E-state index in [0.717, 1.165) is 37.6 Å². The topological polar surface area (TPSA) is 44.6 Å². The molecular weight excluding hydrogens is 250 g/mol. The second-order valence-corrected chi connectivity index (χ2v) is 4.66. The molecule has 0 bridgehead atoms. The van der Waals surface area contributed by atoms with Crippen molar-refractivity contribution in [3.8, 4) is 0 Å². The largest absolute Gasteiger partial charge is 0.353 e. The van der Waals surface area contributed by atoms with Crippen LogP contribution in [0.15, 0.2) is 54.0 Å². The molecule has 3 heterocycles. The molecule has 0 atom stereocenters. The van der Waals surface area contributed by atoms with Gasteiger partial charge in [0.05, 0.1) is 19.3 Å². The molecule has 102 valence electrons. The summed E-state index contributed by atoms with van der Waals surface area (Å²) in [6, 6.07) is 9.93. The van der Waals surface area contributed by atoms with E-state index in [-0.39, 0.29) is 0 Å². The maximum Gasteiger partial charge on any atom is 0.128 e. The fourth-order valence-corrected chi connectivity index (χ4v) is 2.18. The van der Waals surface area contributed by atoms with E-state index in [2.05, 4.69) is 31.0 Å². The van der Waals surface area contributed by atoms with Crippen LogP contribution in [0.5, 0.6) is 0 Å². The SMILES string of the molecule is C(=N\N1CCN(c2ccccn2)CC1)/c1cccnc1. The van der Waals surface area contributed by atoms with Crippen LogP contribution in [0.4, 0.5) is 5.82 Å². The minimum Gasteiger partial charge on any atom is -0.353 e. The molecule has 1 aliphatic heterocycles. The van der Waals surface area contributed by atoms with Crippen molar-refractivity contribution in [1.82, 2.24) is 15.0 Å². The monoisotopic (exact) mass is 267 g/mol. The molecule has 0 amide bonds. The standard InChI is InChI=1S/C15H17N5/c1-2-7-17-15(5-1)19-8-10-20(11-9-19)18-13-14-4-3-6-16-12-14/h1-7,12-13H,8-11H2/b18-13+. The summed E-state index contributed by atoms with van der Waals surface area (Å²) in [6.07, 6.45) is 7.28. The third-order valence-corrected chi connectivity index (χ3v) is 3.28. The molecule has 0 spiro atoms. The van der Waals surface area contributed by atoms with Crippen LogP contribution in [0, 0.1) is 0 Å². The first kappa shape index (κ1) is 12.6. The molecule has 5 heteroatoms. The zero-order valence-electron chi connectivity index (χ0n) is 11.3. The van der Waals surface area contributed by atoms with Crippen molar-refractivity contribution in [2.45, 2.75) is 0 Å². The van der Waals surface area contributed by atoms with Gasteiger partial charge in [0.15, 0.2) is 0 Å². The Labute approximate surface area is 118 Å². The number of piperazine rings is 1. The van der Waals surface area contributed by atoms with E-state index in [1.165, 1.54) is 0 Å². The first-order valence-electron chi connectivity index (χ1n) is 6.77. The number of pyridine rings is 2. The molecule has 0 aliphatic carbocycles. The number of nitrogens with zero attached hydrogens (tertiary/aromatic N) is 5. The van der Waals surface area contributed by atoms with E-state index >= 15 is 0 Å². The highest BCUT2D eigenvalue weighted by Crippen LogP contribution is 2.12. The molecule has 0 saturated carbocycles. The lowest BCUT2D eigenvalue weighted by molar-refractivity contribution is 0.271. The van der Waals surface area contributed by atoms with Crippen molar-refractivity contribution in [2.24, 2.45) is 5.10 Å². The molecule has 0 radical (unpaired) electrons. The first-order chi connectivity index (χ1) is 9.92.